The lowest BCUT2D eigenvalue weighted by molar-refractivity contribution is -0.722. The average Bonchev–Trinajstić information content (AvgIpc) is 2.28. The normalized spacial score (nSPS) is 36.8. The van der Waals surface area contributed by atoms with E-state index in [4.69, 9.17) is 18.9 Å². The van der Waals surface area contributed by atoms with E-state index in [0.717, 1.165) is 0 Å². The first-order valence-electron chi connectivity index (χ1n) is 4.75. The Balaban J connectivity index is 2.63. The van der Waals surface area contributed by atoms with Gasteiger partial charge >= 0.3 is 0 Å². The second-order valence-electron chi connectivity index (χ2n) is 3.37. The lowest BCUT2D eigenvalue weighted by Gasteiger charge is -2.40. The van der Waals surface area contributed by atoms with Gasteiger partial charge in [0.2, 0.25) is 0 Å². The fourth-order valence-electron chi connectivity index (χ4n) is 1.79. The van der Waals surface area contributed by atoms with E-state index in [2.05, 4.69) is 4.89 Å². The van der Waals surface area contributed by atoms with E-state index >= 15 is 0 Å². The van der Waals surface area contributed by atoms with Crippen LogP contribution in [0.25, 0.3) is 0 Å². The maximum Gasteiger partial charge on any atom is 0.151 e. The number of ether oxygens (including phenoxy) is 4. The van der Waals surface area contributed by atoms with E-state index < -0.39 is 6.29 Å². The first kappa shape index (κ1) is 12.8. The van der Waals surface area contributed by atoms with Crippen molar-refractivity contribution in [1.82, 2.24) is 0 Å². The number of methoxy groups -OCH3 is 3. The molecule has 6 nitrogen and oxygen atoms in total. The van der Waals surface area contributed by atoms with Crippen molar-refractivity contribution in [1.29, 1.82) is 0 Å². The summed E-state index contributed by atoms with van der Waals surface area (Å²) in [4.78, 5) is 3.93. The largest absolute Gasteiger partial charge is 0.721 e. The van der Waals surface area contributed by atoms with Crippen molar-refractivity contribution in [3.05, 3.63) is 0 Å². The molecule has 1 fully saturated rings. The van der Waals surface area contributed by atoms with E-state index in [-0.39, 0.29) is 18.3 Å². The Morgan fingerprint density at radius 2 is 2.00 bits per heavy atom. The summed E-state index contributed by atoms with van der Waals surface area (Å²) in [7, 11) is 4.69. The highest BCUT2D eigenvalue weighted by Crippen LogP contribution is 2.24. The first-order valence-corrected chi connectivity index (χ1v) is 4.75. The van der Waals surface area contributed by atoms with Crippen LogP contribution in [-0.4, -0.2) is 52.5 Å². The monoisotopic (exact) mass is 221 g/mol. The summed E-state index contributed by atoms with van der Waals surface area (Å²) in [6, 6.07) is 0. The zero-order chi connectivity index (χ0) is 11.3. The molecule has 0 bridgehead atoms. The fourth-order valence-corrected chi connectivity index (χ4v) is 1.79. The molecule has 1 aliphatic rings. The van der Waals surface area contributed by atoms with Gasteiger partial charge in [0.15, 0.2) is 6.29 Å². The van der Waals surface area contributed by atoms with Gasteiger partial charge in [0.1, 0.15) is 12.2 Å². The van der Waals surface area contributed by atoms with Crippen molar-refractivity contribution in [2.24, 2.45) is 0 Å². The Hall–Kier alpha value is -0.240. The Kier molecular flexibility index (Phi) is 5.44. The van der Waals surface area contributed by atoms with Crippen LogP contribution in [0.5, 0.6) is 0 Å². The zero-order valence-corrected chi connectivity index (χ0v) is 9.17. The molecule has 0 aromatic rings. The molecule has 1 saturated heterocycles. The lowest BCUT2D eigenvalue weighted by Crippen LogP contribution is -2.53. The summed E-state index contributed by atoms with van der Waals surface area (Å²) in [6.07, 6.45) is -1.26. The SMILES string of the molecule is COC[C@@H]1O[C@@H](O[O-])C[C@@H](OC)[C@@H]1OC. The summed E-state index contributed by atoms with van der Waals surface area (Å²) in [5.41, 5.74) is 0. The lowest BCUT2D eigenvalue weighted by atomic mass is 10.0. The maximum atomic E-state index is 10.3. The van der Waals surface area contributed by atoms with Crippen LogP contribution >= 0.6 is 0 Å². The van der Waals surface area contributed by atoms with Gasteiger partial charge < -0.3 is 29.1 Å². The molecule has 0 spiro atoms. The van der Waals surface area contributed by atoms with E-state index in [1.54, 1.807) is 21.3 Å². The smallest absolute Gasteiger partial charge is 0.151 e. The third-order valence-electron chi connectivity index (χ3n) is 2.50. The van der Waals surface area contributed by atoms with Gasteiger partial charge in [-0.2, -0.15) is 0 Å². The van der Waals surface area contributed by atoms with Crippen LogP contribution in [-0.2, 0) is 23.8 Å². The minimum atomic E-state index is -0.804. The molecule has 15 heavy (non-hydrogen) atoms. The van der Waals surface area contributed by atoms with Gasteiger partial charge in [-0.3, -0.25) is 0 Å². The molecule has 1 aliphatic heterocycles. The van der Waals surface area contributed by atoms with Gasteiger partial charge in [-0.05, 0) is 0 Å². The van der Waals surface area contributed by atoms with Gasteiger partial charge in [0.25, 0.3) is 0 Å². The van der Waals surface area contributed by atoms with Crippen LogP contribution < -0.4 is 5.26 Å². The summed E-state index contributed by atoms with van der Waals surface area (Å²) < 4.78 is 20.8. The second-order valence-corrected chi connectivity index (χ2v) is 3.37. The van der Waals surface area contributed by atoms with E-state index in [9.17, 15) is 5.26 Å². The molecule has 0 aromatic carbocycles. The van der Waals surface area contributed by atoms with Crippen molar-refractivity contribution in [2.45, 2.75) is 31.0 Å². The predicted octanol–water partition coefficient (Wildman–Crippen LogP) is -0.930. The van der Waals surface area contributed by atoms with E-state index in [1.807, 2.05) is 0 Å². The van der Waals surface area contributed by atoms with Crippen molar-refractivity contribution in [3.8, 4) is 0 Å². The van der Waals surface area contributed by atoms with Gasteiger partial charge in [0, 0.05) is 27.8 Å². The van der Waals surface area contributed by atoms with E-state index in [0.29, 0.717) is 13.0 Å². The zero-order valence-electron chi connectivity index (χ0n) is 9.17. The Morgan fingerprint density at radius 1 is 1.27 bits per heavy atom. The van der Waals surface area contributed by atoms with Gasteiger partial charge in [-0.25, -0.2) is 0 Å². The Bertz CT molecular complexity index is 176. The van der Waals surface area contributed by atoms with Gasteiger partial charge in [-0.15, -0.1) is 0 Å². The van der Waals surface area contributed by atoms with Crippen molar-refractivity contribution in [2.75, 3.05) is 27.9 Å². The van der Waals surface area contributed by atoms with Crippen LogP contribution in [0.2, 0.25) is 0 Å². The Morgan fingerprint density at radius 3 is 2.47 bits per heavy atom. The molecule has 0 N–H and O–H groups in total. The summed E-state index contributed by atoms with van der Waals surface area (Å²) >= 11 is 0. The van der Waals surface area contributed by atoms with Crippen LogP contribution in [0, 0.1) is 0 Å². The maximum absolute atomic E-state index is 10.3. The third-order valence-corrected chi connectivity index (χ3v) is 2.50. The average molecular weight is 221 g/mol. The molecule has 0 unspecified atom stereocenters. The quantitative estimate of drug-likeness (QED) is 0.441. The summed E-state index contributed by atoms with van der Waals surface area (Å²) in [6.45, 7) is 0.332. The van der Waals surface area contributed by atoms with E-state index in [1.165, 1.54) is 0 Å². The topological polar surface area (TPSA) is 69.2 Å². The molecular formula is C9H17O6-. The minimum absolute atomic E-state index is 0.220. The second kappa shape index (κ2) is 6.37. The predicted molar refractivity (Wildman–Crippen MR) is 47.8 cm³/mol. The first-order chi connectivity index (χ1) is 7.26. The van der Waals surface area contributed by atoms with Crippen molar-refractivity contribution >= 4 is 0 Å². The minimum Gasteiger partial charge on any atom is -0.721 e. The highest BCUT2D eigenvalue weighted by Gasteiger charge is 2.38. The van der Waals surface area contributed by atoms with Gasteiger partial charge in [-0.1, -0.05) is 0 Å². The molecule has 90 valence electrons. The molecule has 0 aromatic heterocycles. The molecule has 0 radical (unpaired) electrons. The van der Waals surface area contributed by atoms with Crippen LogP contribution in [0.3, 0.4) is 0 Å². The molecule has 6 heteroatoms. The standard InChI is InChI=1S/C9H18O6/c1-11-5-7-9(13-3)6(12-2)4-8(14-7)15-10/h6-10H,4-5H2,1-3H3/p-1/t6-,7+,8+,9+/m1/s1. The molecule has 1 rings (SSSR count). The highest BCUT2D eigenvalue weighted by molar-refractivity contribution is 4.84. The fraction of sp³-hybridized carbons (Fsp3) is 1.00. The molecule has 0 amide bonds. The van der Waals surface area contributed by atoms with Crippen LogP contribution in [0.4, 0.5) is 0 Å². The number of hydrogen-bond acceptors (Lipinski definition) is 6. The highest BCUT2D eigenvalue weighted by atomic mass is 17.1. The van der Waals surface area contributed by atoms with Crippen molar-refractivity contribution < 1.29 is 29.1 Å². The molecule has 1 heterocycles. The molecule has 0 aliphatic carbocycles. The molecule has 0 saturated carbocycles. The third kappa shape index (κ3) is 3.10. The Labute approximate surface area is 88.9 Å². The summed E-state index contributed by atoms with van der Waals surface area (Å²) in [5, 5.41) is 10.3. The van der Waals surface area contributed by atoms with Crippen molar-refractivity contribution in [3.63, 3.8) is 0 Å². The van der Waals surface area contributed by atoms with Gasteiger partial charge in [0.05, 0.1) is 12.7 Å². The molecule has 4 atom stereocenters. The number of rotatable bonds is 5. The van der Waals surface area contributed by atoms with Crippen LogP contribution in [0.1, 0.15) is 6.42 Å². The molecular weight excluding hydrogens is 204 g/mol. The number of hydrogen-bond donors (Lipinski definition) is 0. The van der Waals surface area contributed by atoms with Crippen LogP contribution in [0.15, 0.2) is 0 Å². The summed E-state index contributed by atoms with van der Waals surface area (Å²) in [5.74, 6) is 0.